The van der Waals surface area contributed by atoms with Gasteiger partial charge in [-0.1, -0.05) is 6.07 Å². The molecule has 1 amide bonds. The molecule has 0 radical (unpaired) electrons. The van der Waals surface area contributed by atoms with E-state index in [0.29, 0.717) is 15.6 Å². The molecule has 10 nitrogen and oxygen atoms in total. The molecule has 1 aromatic heterocycles. The molecule has 0 bridgehead atoms. The molecular formula is C21H28N4O6S2. The van der Waals surface area contributed by atoms with E-state index in [4.69, 9.17) is 4.42 Å². The summed E-state index contributed by atoms with van der Waals surface area (Å²) in [6, 6.07) is 7.52. The molecule has 0 aliphatic carbocycles. The van der Waals surface area contributed by atoms with Crippen LogP contribution in [0.15, 0.2) is 45.9 Å². The lowest BCUT2D eigenvalue weighted by Crippen LogP contribution is -2.48. The van der Waals surface area contributed by atoms with Crippen LogP contribution < -0.4 is 9.03 Å². The topological polar surface area (TPSA) is 120 Å². The van der Waals surface area contributed by atoms with Crippen LogP contribution in [0, 0.1) is 6.92 Å². The monoisotopic (exact) mass is 496 g/mol. The predicted octanol–water partition coefficient (Wildman–Crippen LogP) is 0.922. The molecule has 3 heterocycles. The highest BCUT2D eigenvalue weighted by atomic mass is 32.2. The summed E-state index contributed by atoms with van der Waals surface area (Å²) in [7, 11) is -5.74. The van der Waals surface area contributed by atoms with Gasteiger partial charge in [0.05, 0.1) is 28.6 Å². The highest BCUT2D eigenvalue weighted by Gasteiger charge is 2.37. The Balaban J connectivity index is 1.58. The van der Waals surface area contributed by atoms with Gasteiger partial charge in [0.25, 0.3) is 0 Å². The van der Waals surface area contributed by atoms with E-state index in [1.165, 1.54) is 18.2 Å². The fourth-order valence-corrected chi connectivity index (χ4v) is 6.92. The normalized spacial score (nSPS) is 20.9. The Morgan fingerprint density at radius 3 is 2.48 bits per heavy atom. The first-order valence-electron chi connectivity index (χ1n) is 10.7. The number of hydrogen-bond donors (Lipinski definition) is 1. The number of anilines is 1. The van der Waals surface area contributed by atoms with Gasteiger partial charge >= 0.3 is 0 Å². The summed E-state index contributed by atoms with van der Waals surface area (Å²) < 4.78 is 60.0. The fraction of sp³-hybridized carbons (Fsp3) is 0.476. The second-order valence-corrected chi connectivity index (χ2v) is 12.1. The van der Waals surface area contributed by atoms with E-state index in [1.54, 1.807) is 19.3 Å². The van der Waals surface area contributed by atoms with Crippen LogP contribution in [0.1, 0.15) is 23.8 Å². The lowest BCUT2D eigenvalue weighted by molar-refractivity contribution is -0.116. The van der Waals surface area contributed by atoms with Crippen molar-refractivity contribution in [2.75, 3.05) is 49.8 Å². The van der Waals surface area contributed by atoms with Crippen LogP contribution in [-0.4, -0.2) is 78.1 Å². The molecule has 0 saturated carbocycles. The van der Waals surface area contributed by atoms with Gasteiger partial charge in [-0.2, -0.15) is 0 Å². The first-order chi connectivity index (χ1) is 15.6. The van der Waals surface area contributed by atoms with Crippen LogP contribution in [-0.2, 0) is 24.8 Å². The first kappa shape index (κ1) is 23.9. The molecular weight excluding hydrogens is 468 g/mol. The lowest BCUT2D eigenvalue weighted by atomic mass is 10.1. The van der Waals surface area contributed by atoms with Crippen LogP contribution in [0.25, 0.3) is 0 Å². The number of carbonyl (C=O) groups excluding carboxylic acids is 1. The van der Waals surface area contributed by atoms with E-state index in [9.17, 15) is 21.6 Å². The molecule has 4 rings (SSSR count). The zero-order valence-corrected chi connectivity index (χ0v) is 20.2. The zero-order chi connectivity index (χ0) is 23.8. The molecule has 1 atom stereocenters. The van der Waals surface area contributed by atoms with Crippen LogP contribution >= 0.6 is 0 Å². The van der Waals surface area contributed by atoms with Crippen molar-refractivity contribution in [1.29, 1.82) is 0 Å². The molecule has 2 saturated heterocycles. The summed E-state index contributed by atoms with van der Waals surface area (Å²) in [5.41, 5.74) is 0.481. The van der Waals surface area contributed by atoms with Crippen molar-refractivity contribution in [1.82, 2.24) is 14.5 Å². The Bertz CT molecular complexity index is 1220. The minimum atomic E-state index is -3.99. The van der Waals surface area contributed by atoms with Crippen molar-refractivity contribution in [2.45, 2.75) is 24.3 Å². The lowest BCUT2D eigenvalue weighted by Gasteiger charge is -2.37. The van der Waals surface area contributed by atoms with Gasteiger partial charge in [-0.3, -0.25) is 9.69 Å². The standard InChI is InChI=1S/C21H28N4O6S2/c1-16-5-6-17(25-21(26)7-13-32(25,27)28)14-20(16)33(29,30)22-15-18(19-4-3-12-31-19)24-10-8-23(2)9-11-24/h3-6,12,14,18,22H,7-11,13,15H2,1-2H3. The highest BCUT2D eigenvalue weighted by molar-refractivity contribution is 7.94. The summed E-state index contributed by atoms with van der Waals surface area (Å²) in [5.74, 6) is -0.180. The maximum atomic E-state index is 13.3. The summed E-state index contributed by atoms with van der Waals surface area (Å²) in [6.07, 6.45) is 1.44. The Kier molecular flexibility index (Phi) is 6.65. The third kappa shape index (κ3) is 4.99. The van der Waals surface area contributed by atoms with Crippen molar-refractivity contribution >= 4 is 31.6 Å². The number of amides is 1. The number of nitrogens with one attached hydrogen (secondary N) is 1. The van der Waals surface area contributed by atoms with Crippen LogP contribution in [0.5, 0.6) is 0 Å². The number of hydrogen-bond acceptors (Lipinski definition) is 8. The van der Waals surface area contributed by atoms with Gasteiger partial charge in [0.2, 0.25) is 26.0 Å². The summed E-state index contributed by atoms with van der Waals surface area (Å²) in [5, 5.41) is 0. The van der Waals surface area contributed by atoms with Gasteiger partial charge in [-0.25, -0.2) is 25.9 Å². The van der Waals surface area contributed by atoms with Gasteiger partial charge in [-0.15, -0.1) is 0 Å². The number of piperazine rings is 1. The Morgan fingerprint density at radius 2 is 1.88 bits per heavy atom. The number of sulfonamides is 2. The van der Waals surface area contributed by atoms with Crippen molar-refractivity contribution in [3.8, 4) is 0 Å². The maximum Gasteiger partial charge on any atom is 0.242 e. The number of furan rings is 1. The minimum Gasteiger partial charge on any atom is -0.468 e. The Labute approximate surface area is 194 Å². The molecule has 2 aromatic rings. The number of likely N-dealkylation sites (N-methyl/N-ethyl adjacent to an activating group) is 1. The summed E-state index contributed by atoms with van der Waals surface area (Å²) in [4.78, 5) is 16.5. The predicted molar refractivity (Wildman–Crippen MR) is 123 cm³/mol. The van der Waals surface area contributed by atoms with Gasteiger partial charge in [0.15, 0.2) is 0 Å². The summed E-state index contributed by atoms with van der Waals surface area (Å²) >= 11 is 0. The summed E-state index contributed by atoms with van der Waals surface area (Å²) in [6.45, 7) is 4.99. The molecule has 180 valence electrons. The quantitative estimate of drug-likeness (QED) is 0.601. The van der Waals surface area contributed by atoms with E-state index in [-0.39, 0.29) is 35.3 Å². The Morgan fingerprint density at radius 1 is 1.15 bits per heavy atom. The molecule has 2 aliphatic heterocycles. The van der Waals surface area contributed by atoms with E-state index in [0.717, 1.165) is 26.2 Å². The van der Waals surface area contributed by atoms with Crippen LogP contribution in [0.2, 0.25) is 0 Å². The average molecular weight is 497 g/mol. The number of aryl methyl sites for hydroxylation is 1. The van der Waals surface area contributed by atoms with Crippen molar-refractivity contribution in [2.24, 2.45) is 0 Å². The highest BCUT2D eigenvalue weighted by Crippen LogP contribution is 2.29. The number of rotatable bonds is 7. The molecule has 2 aliphatic rings. The van der Waals surface area contributed by atoms with Crippen molar-refractivity contribution in [3.05, 3.63) is 47.9 Å². The van der Waals surface area contributed by atoms with Gasteiger partial charge < -0.3 is 9.32 Å². The molecule has 33 heavy (non-hydrogen) atoms. The largest absolute Gasteiger partial charge is 0.468 e. The smallest absolute Gasteiger partial charge is 0.242 e. The van der Waals surface area contributed by atoms with Crippen molar-refractivity contribution < 1.29 is 26.0 Å². The van der Waals surface area contributed by atoms with Gasteiger partial charge in [0.1, 0.15) is 5.76 Å². The molecule has 0 spiro atoms. The molecule has 1 unspecified atom stereocenters. The minimum absolute atomic E-state index is 0.0325. The fourth-order valence-electron chi connectivity index (χ4n) is 4.16. The third-order valence-electron chi connectivity index (χ3n) is 6.09. The SMILES string of the molecule is Cc1ccc(N2C(=O)CCS2(=O)=O)cc1S(=O)(=O)NCC(c1ccco1)N1CCN(C)CC1. The number of nitrogens with zero attached hydrogens (tertiary/aromatic N) is 3. The molecule has 1 N–H and O–H groups in total. The Hall–Kier alpha value is -2.25. The first-order valence-corrected chi connectivity index (χ1v) is 13.8. The maximum absolute atomic E-state index is 13.3. The number of carbonyl (C=O) groups is 1. The van der Waals surface area contributed by atoms with Crippen LogP contribution in [0.4, 0.5) is 5.69 Å². The van der Waals surface area contributed by atoms with E-state index >= 15 is 0 Å². The van der Waals surface area contributed by atoms with E-state index < -0.39 is 26.0 Å². The second kappa shape index (κ2) is 9.18. The molecule has 2 fully saturated rings. The third-order valence-corrected chi connectivity index (χ3v) is 9.35. The van der Waals surface area contributed by atoms with E-state index in [2.05, 4.69) is 14.5 Å². The molecule has 12 heteroatoms. The molecule has 1 aromatic carbocycles. The number of benzene rings is 1. The van der Waals surface area contributed by atoms with Gasteiger partial charge in [-0.05, 0) is 43.8 Å². The zero-order valence-electron chi connectivity index (χ0n) is 18.6. The second-order valence-electron chi connectivity index (χ2n) is 8.40. The van der Waals surface area contributed by atoms with Gasteiger partial charge in [0, 0.05) is 39.1 Å². The average Bonchev–Trinajstić information content (AvgIpc) is 3.38. The van der Waals surface area contributed by atoms with E-state index in [1.807, 2.05) is 13.1 Å². The van der Waals surface area contributed by atoms with Crippen molar-refractivity contribution in [3.63, 3.8) is 0 Å². The van der Waals surface area contributed by atoms with Crippen LogP contribution in [0.3, 0.4) is 0 Å².